The second-order valence-electron chi connectivity index (χ2n) is 13.9. The van der Waals surface area contributed by atoms with Crippen LogP contribution in [0.1, 0.15) is 71.4 Å². The summed E-state index contributed by atoms with van der Waals surface area (Å²) in [6, 6.07) is 3.41. The Morgan fingerprint density at radius 1 is 1.00 bits per heavy atom. The molecule has 0 saturated carbocycles. The van der Waals surface area contributed by atoms with Gasteiger partial charge in [-0.1, -0.05) is 26.0 Å². The number of aliphatic hydroxyl groups is 1. The summed E-state index contributed by atoms with van der Waals surface area (Å²) >= 11 is 0. The number of piperidine rings is 1. The summed E-state index contributed by atoms with van der Waals surface area (Å²) in [4.78, 5) is 48.0. The van der Waals surface area contributed by atoms with E-state index in [1.165, 1.54) is 6.07 Å². The van der Waals surface area contributed by atoms with Crippen LogP contribution < -0.4 is 0 Å². The summed E-state index contributed by atoms with van der Waals surface area (Å²) in [5.41, 5.74) is 2.26. The Labute approximate surface area is 282 Å². The highest BCUT2D eigenvalue weighted by atomic mass is 19.1. The summed E-state index contributed by atoms with van der Waals surface area (Å²) in [6.45, 7) is 11.4. The fourth-order valence-corrected chi connectivity index (χ4v) is 6.92. The molecular weight excluding hydrogens is 617 g/mol. The molecular formula is C36H50FN5O6. The minimum atomic E-state index is -0.892. The van der Waals surface area contributed by atoms with Gasteiger partial charge in [0, 0.05) is 58.2 Å². The number of amides is 2. The van der Waals surface area contributed by atoms with Crippen molar-refractivity contribution in [3.63, 3.8) is 0 Å². The van der Waals surface area contributed by atoms with Gasteiger partial charge in [0.2, 0.25) is 5.91 Å². The number of aromatic nitrogens is 2. The van der Waals surface area contributed by atoms with Gasteiger partial charge in [0.1, 0.15) is 17.7 Å². The van der Waals surface area contributed by atoms with Crippen molar-refractivity contribution in [3.8, 4) is 0 Å². The molecule has 1 aromatic heterocycles. The maximum atomic E-state index is 15.4. The number of likely N-dealkylation sites (N-methyl/N-ethyl adjacent to an activating group) is 1. The van der Waals surface area contributed by atoms with Crippen LogP contribution in [0.4, 0.5) is 9.18 Å². The number of halogens is 1. The third-order valence-corrected chi connectivity index (χ3v) is 10.1. The zero-order chi connectivity index (χ0) is 34.5. The Morgan fingerprint density at radius 2 is 1.71 bits per heavy atom. The maximum Gasteiger partial charge on any atom is 0.410 e. The van der Waals surface area contributed by atoms with Crippen LogP contribution in [0.2, 0.25) is 0 Å². The van der Waals surface area contributed by atoms with Crippen LogP contribution in [0.5, 0.6) is 0 Å². The lowest BCUT2D eigenvalue weighted by Crippen LogP contribution is -2.48. The summed E-state index contributed by atoms with van der Waals surface area (Å²) in [7, 11) is 2.03. The summed E-state index contributed by atoms with van der Waals surface area (Å²) in [5.74, 6) is -1.30. The highest BCUT2D eigenvalue weighted by Gasteiger charge is 2.30. The third-order valence-electron chi connectivity index (χ3n) is 10.1. The fourth-order valence-electron chi connectivity index (χ4n) is 6.92. The molecule has 0 unspecified atom stereocenters. The SMILES string of the molecule is CC(=O)N1CCC(n2cnc3c(F)cc(/C=C(\C)[C@H]4OC(=O)C[C@H](O)CC[C@H](C)[C@@H](OC(=O)N5CCN(C)CC5)/C=C\[C@@H]4C)cc32)CC1. The van der Waals surface area contributed by atoms with E-state index in [9.17, 15) is 19.5 Å². The molecule has 0 aliphatic carbocycles. The molecule has 2 fully saturated rings. The predicted molar refractivity (Wildman–Crippen MR) is 180 cm³/mol. The van der Waals surface area contributed by atoms with Crippen molar-refractivity contribution in [1.82, 2.24) is 24.3 Å². The molecule has 1 aromatic carbocycles. The number of nitrogens with zero attached hydrogens (tertiary/aromatic N) is 5. The Hall–Kier alpha value is -3.77. The van der Waals surface area contributed by atoms with Gasteiger partial charge < -0.3 is 33.8 Å². The topological polar surface area (TPSA) is 117 Å². The molecule has 4 heterocycles. The van der Waals surface area contributed by atoms with E-state index in [2.05, 4.69) is 9.88 Å². The van der Waals surface area contributed by atoms with Gasteiger partial charge in [-0.15, -0.1) is 0 Å². The molecule has 0 spiro atoms. The van der Waals surface area contributed by atoms with Crippen molar-refractivity contribution in [2.24, 2.45) is 11.8 Å². The fraction of sp³-hybridized carbons (Fsp3) is 0.611. The van der Waals surface area contributed by atoms with Gasteiger partial charge in [0.05, 0.1) is 24.4 Å². The standard InChI is InChI=1S/C36H50FN5O6/c1-23-6-8-29(44)21-33(45)48-35(24(2)7-9-32(23)47-36(46)41-16-14-39(5)15-17-41)25(3)18-27-19-30(37)34-31(20-27)42(22-38-34)28-10-12-40(13-11-28)26(4)43/h7,9,18-20,22-24,28-29,32,35,44H,6,8,10-17,21H2,1-5H3/b9-7-,25-18+/t23-,24-,29+,32-,35-/m0/s1. The molecule has 11 nitrogen and oxygen atoms in total. The number of esters is 1. The number of hydrogen-bond donors (Lipinski definition) is 1. The van der Waals surface area contributed by atoms with Crippen LogP contribution in [0, 0.1) is 17.7 Å². The van der Waals surface area contributed by atoms with Gasteiger partial charge in [0.25, 0.3) is 0 Å². The number of carbonyl (C=O) groups excluding carboxylic acids is 3. The molecule has 2 amide bonds. The van der Waals surface area contributed by atoms with Gasteiger partial charge in [-0.25, -0.2) is 14.2 Å². The first-order chi connectivity index (χ1) is 22.9. The van der Waals surface area contributed by atoms with E-state index in [-0.39, 0.29) is 41.8 Å². The molecule has 0 radical (unpaired) electrons. The van der Waals surface area contributed by atoms with Gasteiger partial charge in [0.15, 0.2) is 5.82 Å². The summed E-state index contributed by atoms with van der Waals surface area (Å²) < 4.78 is 29.3. The molecule has 262 valence electrons. The van der Waals surface area contributed by atoms with Gasteiger partial charge >= 0.3 is 12.1 Å². The van der Waals surface area contributed by atoms with E-state index < -0.39 is 30.1 Å². The highest BCUT2D eigenvalue weighted by molar-refractivity contribution is 5.80. The molecule has 2 aromatic rings. The Balaban J connectivity index is 1.39. The molecule has 12 heteroatoms. The highest BCUT2D eigenvalue weighted by Crippen LogP contribution is 2.30. The average Bonchev–Trinajstić information content (AvgIpc) is 3.48. The predicted octanol–water partition coefficient (Wildman–Crippen LogP) is 4.80. The molecule has 1 N–H and O–H groups in total. The number of hydrogen-bond acceptors (Lipinski definition) is 8. The van der Waals surface area contributed by atoms with Crippen molar-refractivity contribution in [2.75, 3.05) is 46.3 Å². The molecule has 5 atom stereocenters. The number of imidazole rings is 1. The van der Waals surface area contributed by atoms with Gasteiger partial charge in [-0.3, -0.25) is 9.59 Å². The Kier molecular flexibility index (Phi) is 11.6. The minimum absolute atomic E-state index is 0.0561. The molecule has 2 saturated heterocycles. The third kappa shape index (κ3) is 8.63. The molecule has 3 aliphatic heterocycles. The second-order valence-corrected chi connectivity index (χ2v) is 13.9. The minimum Gasteiger partial charge on any atom is -0.457 e. The molecule has 3 aliphatic rings. The van der Waals surface area contributed by atoms with E-state index in [0.717, 1.165) is 25.9 Å². The lowest BCUT2D eigenvalue weighted by atomic mass is 9.91. The van der Waals surface area contributed by atoms with Crippen LogP contribution >= 0.6 is 0 Å². The molecule has 5 rings (SSSR count). The smallest absolute Gasteiger partial charge is 0.410 e. The van der Waals surface area contributed by atoms with Crippen molar-refractivity contribution in [2.45, 2.75) is 84.2 Å². The number of likely N-dealkylation sites (tertiary alicyclic amines) is 1. The first-order valence-electron chi connectivity index (χ1n) is 17.2. The van der Waals surface area contributed by atoms with Crippen molar-refractivity contribution < 1.29 is 33.4 Å². The summed E-state index contributed by atoms with van der Waals surface area (Å²) in [6.07, 6.45) is 7.08. The zero-order valence-corrected chi connectivity index (χ0v) is 28.8. The lowest BCUT2D eigenvalue weighted by Gasteiger charge is -2.33. The van der Waals surface area contributed by atoms with Gasteiger partial charge in [-0.2, -0.15) is 0 Å². The van der Waals surface area contributed by atoms with Crippen LogP contribution in [0.25, 0.3) is 17.1 Å². The number of fused-ring (bicyclic) bond motifs is 1. The Morgan fingerprint density at radius 3 is 2.40 bits per heavy atom. The quantitative estimate of drug-likeness (QED) is 0.365. The largest absolute Gasteiger partial charge is 0.457 e. The number of cyclic esters (lactones) is 1. The number of carbonyl (C=O) groups is 3. The second kappa shape index (κ2) is 15.6. The number of ether oxygens (including phenoxy) is 2. The van der Waals surface area contributed by atoms with Crippen molar-refractivity contribution in [1.29, 1.82) is 0 Å². The zero-order valence-electron chi connectivity index (χ0n) is 28.8. The first-order valence-corrected chi connectivity index (χ1v) is 17.2. The van der Waals surface area contributed by atoms with Crippen molar-refractivity contribution >= 4 is 35.1 Å². The number of piperazine rings is 1. The van der Waals surface area contributed by atoms with Crippen LogP contribution in [-0.2, 0) is 19.1 Å². The van der Waals surface area contributed by atoms with Crippen LogP contribution in [0.15, 0.2) is 36.2 Å². The monoisotopic (exact) mass is 667 g/mol. The number of rotatable bonds is 4. The first kappa shape index (κ1) is 35.5. The number of aliphatic hydroxyl groups excluding tert-OH is 1. The van der Waals surface area contributed by atoms with E-state index >= 15 is 4.39 Å². The average molecular weight is 668 g/mol. The van der Waals surface area contributed by atoms with E-state index in [4.69, 9.17) is 9.47 Å². The summed E-state index contributed by atoms with van der Waals surface area (Å²) in [5, 5.41) is 10.7. The van der Waals surface area contributed by atoms with Crippen LogP contribution in [0.3, 0.4) is 0 Å². The molecule has 0 bridgehead atoms. The van der Waals surface area contributed by atoms with E-state index in [0.29, 0.717) is 55.7 Å². The Bertz CT molecular complexity index is 1520. The molecule has 48 heavy (non-hydrogen) atoms. The number of benzene rings is 1. The van der Waals surface area contributed by atoms with E-state index in [1.807, 2.05) is 61.6 Å². The van der Waals surface area contributed by atoms with Crippen molar-refractivity contribution in [3.05, 3.63) is 47.6 Å². The maximum absolute atomic E-state index is 15.4. The lowest BCUT2D eigenvalue weighted by molar-refractivity contribution is -0.151. The normalized spacial score (nSPS) is 28.0. The van der Waals surface area contributed by atoms with E-state index in [1.54, 1.807) is 18.2 Å². The van der Waals surface area contributed by atoms with Crippen LogP contribution in [-0.4, -0.2) is 112 Å². The van der Waals surface area contributed by atoms with Gasteiger partial charge in [-0.05, 0) is 74.9 Å².